The van der Waals surface area contributed by atoms with Crippen LogP contribution >= 0.6 is 0 Å². The number of aliphatic hydroxyl groups is 1. The van der Waals surface area contributed by atoms with Crippen molar-refractivity contribution >= 4 is 11.8 Å². The summed E-state index contributed by atoms with van der Waals surface area (Å²) in [6.07, 6.45) is 3.40. The zero-order valence-electron chi connectivity index (χ0n) is 10.4. The van der Waals surface area contributed by atoms with Crippen LogP contribution in [-0.4, -0.2) is 29.6 Å². The van der Waals surface area contributed by atoms with E-state index in [4.69, 9.17) is 0 Å². The summed E-state index contributed by atoms with van der Waals surface area (Å²) in [6, 6.07) is 0. The Hall–Kier alpha value is -1.16. The molecule has 0 spiro atoms. The highest BCUT2D eigenvalue weighted by Gasteiger charge is 2.47. The molecule has 96 valence electrons. The molecule has 0 bridgehead atoms. The van der Waals surface area contributed by atoms with Gasteiger partial charge >= 0.3 is 5.97 Å². The number of rotatable bonds is 4. The molecule has 1 saturated carbocycles. The predicted octanol–water partition coefficient (Wildman–Crippen LogP) is 1.47. The summed E-state index contributed by atoms with van der Waals surface area (Å²) < 4.78 is 4.61. The normalized spacial score (nSPS) is 33.2. The topological polar surface area (TPSA) is 63.6 Å². The van der Waals surface area contributed by atoms with Gasteiger partial charge in [0.25, 0.3) is 0 Å². The van der Waals surface area contributed by atoms with Crippen LogP contribution in [0.5, 0.6) is 0 Å². The number of ketones is 1. The maximum Gasteiger partial charge on any atom is 0.337 e. The van der Waals surface area contributed by atoms with E-state index in [0.717, 1.165) is 0 Å². The van der Waals surface area contributed by atoms with Crippen molar-refractivity contribution in [2.24, 2.45) is 11.8 Å². The van der Waals surface area contributed by atoms with Crippen LogP contribution in [0.3, 0.4) is 0 Å². The van der Waals surface area contributed by atoms with E-state index in [0.29, 0.717) is 12.8 Å². The van der Waals surface area contributed by atoms with E-state index in [9.17, 15) is 14.7 Å². The van der Waals surface area contributed by atoms with Gasteiger partial charge in [-0.1, -0.05) is 13.0 Å². The van der Waals surface area contributed by atoms with E-state index >= 15 is 0 Å². The van der Waals surface area contributed by atoms with Gasteiger partial charge in [0.2, 0.25) is 0 Å². The second kappa shape index (κ2) is 5.45. The molecule has 3 atom stereocenters. The average molecular weight is 240 g/mol. The fourth-order valence-electron chi connectivity index (χ4n) is 2.52. The third-order valence-electron chi connectivity index (χ3n) is 3.40. The van der Waals surface area contributed by atoms with Crippen molar-refractivity contribution < 1.29 is 19.4 Å². The molecule has 0 heterocycles. The maximum atomic E-state index is 11.9. The molecule has 1 aliphatic rings. The molecular formula is C13H20O4. The van der Waals surface area contributed by atoms with Crippen LogP contribution in [-0.2, 0) is 14.3 Å². The molecule has 4 nitrogen and oxygen atoms in total. The van der Waals surface area contributed by atoms with E-state index in [2.05, 4.69) is 11.3 Å². The summed E-state index contributed by atoms with van der Waals surface area (Å²) in [4.78, 5) is 23.5. The first-order chi connectivity index (χ1) is 7.94. The van der Waals surface area contributed by atoms with Crippen molar-refractivity contribution in [1.82, 2.24) is 0 Å². The first-order valence-electron chi connectivity index (χ1n) is 5.90. The minimum atomic E-state index is -1.51. The monoisotopic (exact) mass is 240 g/mol. The molecule has 1 N–H and O–H groups in total. The van der Waals surface area contributed by atoms with E-state index < -0.39 is 11.6 Å². The maximum absolute atomic E-state index is 11.9. The summed E-state index contributed by atoms with van der Waals surface area (Å²) >= 11 is 0. The number of carbonyl (C=O) groups excluding carboxylic acids is 2. The largest absolute Gasteiger partial charge is 0.467 e. The van der Waals surface area contributed by atoms with Gasteiger partial charge in [0.1, 0.15) is 5.78 Å². The Bertz CT molecular complexity index is 323. The van der Waals surface area contributed by atoms with Gasteiger partial charge in [-0.05, 0) is 25.7 Å². The lowest BCUT2D eigenvalue weighted by molar-refractivity contribution is -0.171. The van der Waals surface area contributed by atoms with Crippen LogP contribution in [0.15, 0.2) is 12.7 Å². The number of hydrogen-bond donors (Lipinski definition) is 1. The van der Waals surface area contributed by atoms with Crippen LogP contribution in [0.4, 0.5) is 0 Å². The summed E-state index contributed by atoms with van der Waals surface area (Å²) in [5, 5.41) is 10.2. The van der Waals surface area contributed by atoms with Crippen molar-refractivity contribution in [3.63, 3.8) is 0 Å². The highest BCUT2D eigenvalue weighted by Crippen LogP contribution is 2.36. The number of esters is 1. The lowest BCUT2D eigenvalue weighted by Gasteiger charge is -2.36. The fourth-order valence-corrected chi connectivity index (χ4v) is 2.52. The van der Waals surface area contributed by atoms with Crippen molar-refractivity contribution in [2.45, 2.75) is 38.2 Å². The van der Waals surface area contributed by atoms with Crippen molar-refractivity contribution in [3.05, 3.63) is 12.7 Å². The summed E-state index contributed by atoms with van der Waals surface area (Å²) in [5.74, 6) is -1.09. The summed E-state index contributed by atoms with van der Waals surface area (Å²) in [6.45, 7) is 5.36. The number of methoxy groups -OCH3 is 1. The minimum absolute atomic E-state index is 0.125. The molecular weight excluding hydrogens is 220 g/mol. The zero-order chi connectivity index (χ0) is 13.1. The van der Waals surface area contributed by atoms with Gasteiger partial charge in [-0.15, -0.1) is 6.58 Å². The third kappa shape index (κ3) is 2.94. The Labute approximate surface area is 102 Å². The summed E-state index contributed by atoms with van der Waals surface area (Å²) in [5.41, 5.74) is -1.51. The molecule has 0 aromatic heterocycles. The molecule has 17 heavy (non-hydrogen) atoms. The Morgan fingerprint density at radius 3 is 2.82 bits per heavy atom. The highest BCUT2D eigenvalue weighted by atomic mass is 16.5. The molecule has 0 saturated heterocycles. The lowest BCUT2D eigenvalue weighted by Crippen LogP contribution is -2.49. The molecule has 0 aromatic carbocycles. The molecule has 0 amide bonds. The average Bonchev–Trinajstić information content (AvgIpc) is 2.31. The van der Waals surface area contributed by atoms with Crippen LogP contribution in [0.2, 0.25) is 0 Å². The lowest BCUT2D eigenvalue weighted by atomic mass is 9.71. The molecule has 4 heteroatoms. The molecule has 0 unspecified atom stereocenters. The van der Waals surface area contributed by atoms with Crippen LogP contribution < -0.4 is 0 Å². The number of carbonyl (C=O) groups is 2. The van der Waals surface area contributed by atoms with Gasteiger partial charge in [0, 0.05) is 11.8 Å². The summed E-state index contributed by atoms with van der Waals surface area (Å²) in [7, 11) is 1.25. The Morgan fingerprint density at radius 1 is 1.65 bits per heavy atom. The van der Waals surface area contributed by atoms with Crippen molar-refractivity contribution in [3.8, 4) is 0 Å². The Morgan fingerprint density at radius 2 is 2.29 bits per heavy atom. The van der Waals surface area contributed by atoms with E-state index in [1.807, 2.05) is 0 Å². The molecule has 0 aromatic rings. The van der Waals surface area contributed by atoms with Gasteiger partial charge in [0.15, 0.2) is 5.60 Å². The Kier molecular flexibility index (Phi) is 4.46. The molecule has 0 radical (unpaired) electrons. The predicted molar refractivity (Wildman–Crippen MR) is 63.3 cm³/mol. The van der Waals surface area contributed by atoms with E-state index in [-0.39, 0.29) is 30.5 Å². The SMILES string of the molecule is C=CCC[C@H]1C[C@@](O)(C(=O)OC)C[C@@H](C)C1=O. The molecule has 0 aliphatic heterocycles. The Balaban J connectivity index is 2.82. The van der Waals surface area contributed by atoms with Gasteiger partial charge in [-0.3, -0.25) is 4.79 Å². The van der Waals surface area contributed by atoms with Gasteiger partial charge in [0.05, 0.1) is 7.11 Å². The van der Waals surface area contributed by atoms with Crippen molar-refractivity contribution in [2.75, 3.05) is 7.11 Å². The molecule has 1 rings (SSSR count). The quantitative estimate of drug-likeness (QED) is 0.597. The van der Waals surface area contributed by atoms with Crippen LogP contribution in [0.1, 0.15) is 32.6 Å². The van der Waals surface area contributed by atoms with Crippen LogP contribution in [0.25, 0.3) is 0 Å². The molecule has 1 aliphatic carbocycles. The van der Waals surface area contributed by atoms with Gasteiger partial charge < -0.3 is 9.84 Å². The number of hydrogen-bond acceptors (Lipinski definition) is 4. The van der Waals surface area contributed by atoms with Gasteiger partial charge in [-0.2, -0.15) is 0 Å². The number of Topliss-reactive ketones (excluding diaryl/α,β-unsaturated/α-hetero) is 1. The third-order valence-corrected chi connectivity index (χ3v) is 3.40. The van der Waals surface area contributed by atoms with Gasteiger partial charge in [-0.25, -0.2) is 4.79 Å². The smallest absolute Gasteiger partial charge is 0.337 e. The van der Waals surface area contributed by atoms with E-state index in [1.165, 1.54) is 7.11 Å². The zero-order valence-corrected chi connectivity index (χ0v) is 10.4. The first-order valence-corrected chi connectivity index (χ1v) is 5.90. The fraction of sp³-hybridized carbons (Fsp3) is 0.692. The number of ether oxygens (including phenoxy) is 1. The van der Waals surface area contributed by atoms with Crippen molar-refractivity contribution in [1.29, 1.82) is 0 Å². The highest BCUT2D eigenvalue weighted by molar-refractivity contribution is 5.89. The first kappa shape index (κ1) is 13.9. The minimum Gasteiger partial charge on any atom is -0.467 e. The standard InChI is InChI=1S/C13H20O4/c1-4-5-6-10-8-13(16,12(15)17-3)7-9(2)11(10)14/h4,9-10,16H,1,5-8H2,2-3H3/t9-,10+,13-/m1/s1. The second-order valence-corrected chi connectivity index (χ2v) is 4.80. The number of allylic oxidation sites excluding steroid dienone is 1. The van der Waals surface area contributed by atoms with Crippen LogP contribution in [0, 0.1) is 11.8 Å². The van der Waals surface area contributed by atoms with E-state index in [1.54, 1.807) is 13.0 Å². The molecule has 1 fully saturated rings. The second-order valence-electron chi connectivity index (χ2n) is 4.80.